The van der Waals surface area contributed by atoms with E-state index in [0.29, 0.717) is 32.5 Å². The third-order valence-electron chi connectivity index (χ3n) is 5.88. The van der Waals surface area contributed by atoms with Crippen LogP contribution in [-0.2, 0) is 16.6 Å². The molecule has 4 rings (SSSR count). The summed E-state index contributed by atoms with van der Waals surface area (Å²) in [5.41, 5.74) is 0.879. The van der Waals surface area contributed by atoms with Crippen LogP contribution in [0.3, 0.4) is 0 Å². The number of halogens is 1. The van der Waals surface area contributed by atoms with E-state index in [-0.39, 0.29) is 48.7 Å². The van der Waals surface area contributed by atoms with Crippen molar-refractivity contribution in [2.75, 3.05) is 40.4 Å². The van der Waals surface area contributed by atoms with Crippen molar-refractivity contribution in [3.05, 3.63) is 75.6 Å². The summed E-state index contributed by atoms with van der Waals surface area (Å²) in [6.45, 7) is 1.07. The summed E-state index contributed by atoms with van der Waals surface area (Å²) in [4.78, 5) is 27.7. The fraction of sp³-hybridized carbons (Fsp3) is 0.280. The van der Waals surface area contributed by atoms with E-state index in [0.717, 1.165) is 11.3 Å². The molecule has 1 aromatic heterocycles. The van der Waals surface area contributed by atoms with Crippen molar-refractivity contribution in [1.29, 1.82) is 0 Å². The van der Waals surface area contributed by atoms with E-state index < -0.39 is 10.0 Å². The first kappa shape index (κ1) is 26.9. The first-order valence-corrected chi connectivity index (χ1v) is 14.0. The number of nitrogens with zero attached hydrogens (tertiary/aromatic N) is 2. The highest BCUT2D eigenvalue weighted by molar-refractivity contribution is 7.91. The van der Waals surface area contributed by atoms with Gasteiger partial charge in [0.25, 0.3) is 21.8 Å². The van der Waals surface area contributed by atoms with Gasteiger partial charge in [0, 0.05) is 53.3 Å². The maximum absolute atomic E-state index is 13.2. The molecule has 12 heteroatoms. The molecule has 0 aliphatic carbocycles. The van der Waals surface area contributed by atoms with Crippen molar-refractivity contribution in [3.8, 4) is 11.5 Å². The minimum Gasteiger partial charge on any atom is -0.497 e. The summed E-state index contributed by atoms with van der Waals surface area (Å²) in [7, 11) is -0.705. The van der Waals surface area contributed by atoms with Gasteiger partial charge < -0.3 is 19.7 Å². The van der Waals surface area contributed by atoms with Gasteiger partial charge in [-0.15, -0.1) is 11.3 Å². The number of piperazine rings is 1. The molecule has 1 aliphatic rings. The number of sulfonamides is 1. The van der Waals surface area contributed by atoms with Crippen LogP contribution in [-0.4, -0.2) is 69.8 Å². The minimum atomic E-state index is -3.73. The molecule has 2 heterocycles. The third-order valence-corrected chi connectivity index (χ3v) is 9.59. The third kappa shape index (κ3) is 6.24. The van der Waals surface area contributed by atoms with Gasteiger partial charge in [0.1, 0.15) is 15.7 Å². The van der Waals surface area contributed by atoms with Gasteiger partial charge in [-0.25, -0.2) is 8.42 Å². The maximum Gasteiger partial charge on any atom is 0.254 e. The number of amides is 2. The minimum absolute atomic E-state index is 0.176. The SMILES string of the molecule is COc1cc(OC)cc(C(=O)N2CCN(S(=O)(=O)c3ccc(CNC(=O)c4ccc(Cl)cc4)s3)CC2)c1. The van der Waals surface area contributed by atoms with E-state index in [2.05, 4.69) is 5.32 Å². The predicted octanol–water partition coefficient (Wildman–Crippen LogP) is 3.50. The molecule has 0 spiro atoms. The number of rotatable bonds is 8. The first-order valence-electron chi connectivity index (χ1n) is 11.4. The van der Waals surface area contributed by atoms with Crippen molar-refractivity contribution in [2.45, 2.75) is 10.8 Å². The number of carbonyl (C=O) groups excluding carboxylic acids is 2. The predicted molar refractivity (Wildman–Crippen MR) is 141 cm³/mol. The molecule has 1 saturated heterocycles. The number of hydrogen-bond donors (Lipinski definition) is 1. The van der Waals surface area contributed by atoms with Gasteiger partial charge in [0.15, 0.2) is 0 Å². The van der Waals surface area contributed by atoms with E-state index in [1.807, 2.05) is 0 Å². The lowest BCUT2D eigenvalue weighted by atomic mass is 10.1. The molecule has 2 amide bonds. The van der Waals surface area contributed by atoms with Crippen LogP contribution in [0.1, 0.15) is 25.6 Å². The fourth-order valence-electron chi connectivity index (χ4n) is 3.83. The Labute approximate surface area is 224 Å². The lowest BCUT2D eigenvalue weighted by Crippen LogP contribution is -2.50. The monoisotopic (exact) mass is 563 g/mol. The zero-order chi connectivity index (χ0) is 26.6. The number of hydrogen-bond acceptors (Lipinski definition) is 7. The Bertz CT molecular complexity index is 1360. The Kier molecular flexibility index (Phi) is 8.38. The van der Waals surface area contributed by atoms with Gasteiger partial charge in [-0.3, -0.25) is 9.59 Å². The fourth-order valence-corrected chi connectivity index (χ4v) is 6.83. The Hall–Kier alpha value is -3.12. The van der Waals surface area contributed by atoms with Gasteiger partial charge >= 0.3 is 0 Å². The highest BCUT2D eigenvalue weighted by Gasteiger charge is 2.31. The average molecular weight is 564 g/mol. The number of thiophene rings is 1. The molecule has 0 saturated carbocycles. The molecule has 0 bridgehead atoms. The molecule has 37 heavy (non-hydrogen) atoms. The molecule has 2 aromatic carbocycles. The molecular weight excluding hydrogens is 538 g/mol. The van der Waals surface area contributed by atoms with E-state index >= 15 is 0 Å². The number of carbonyl (C=O) groups is 2. The molecule has 196 valence electrons. The zero-order valence-electron chi connectivity index (χ0n) is 20.3. The molecule has 9 nitrogen and oxygen atoms in total. The highest BCUT2D eigenvalue weighted by atomic mass is 35.5. The second-order valence-corrected chi connectivity index (χ2v) is 12.0. The number of methoxy groups -OCH3 is 2. The summed E-state index contributed by atoms with van der Waals surface area (Å²) in [5, 5.41) is 3.32. The van der Waals surface area contributed by atoms with Gasteiger partial charge in [-0.2, -0.15) is 4.31 Å². The molecule has 0 radical (unpaired) electrons. The second-order valence-electron chi connectivity index (χ2n) is 8.21. The molecular formula is C25H26ClN3O6S2. The largest absolute Gasteiger partial charge is 0.497 e. The van der Waals surface area contributed by atoms with E-state index in [1.54, 1.807) is 59.5 Å². The lowest BCUT2D eigenvalue weighted by Gasteiger charge is -2.33. The van der Waals surface area contributed by atoms with Crippen LogP contribution in [0.5, 0.6) is 11.5 Å². The van der Waals surface area contributed by atoms with Crippen LogP contribution in [0.2, 0.25) is 5.02 Å². The van der Waals surface area contributed by atoms with E-state index in [4.69, 9.17) is 21.1 Å². The maximum atomic E-state index is 13.2. The first-order chi connectivity index (χ1) is 17.7. The zero-order valence-corrected chi connectivity index (χ0v) is 22.7. The topological polar surface area (TPSA) is 105 Å². The van der Waals surface area contributed by atoms with Crippen LogP contribution >= 0.6 is 22.9 Å². The normalized spacial score (nSPS) is 14.3. The molecule has 0 atom stereocenters. The molecule has 1 fully saturated rings. The van der Waals surface area contributed by atoms with Crippen LogP contribution in [0.25, 0.3) is 0 Å². The quantitative estimate of drug-likeness (QED) is 0.450. The molecule has 1 aliphatic heterocycles. The molecule has 3 aromatic rings. The number of nitrogens with one attached hydrogen (secondary N) is 1. The van der Waals surface area contributed by atoms with Crippen LogP contribution in [0.4, 0.5) is 0 Å². The van der Waals surface area contributed by atoms with Crippen LogP contribution in [0, 0.1) is 0 Å². The lowest BCUT2D eigenvalue weighted by molar-refractivity contribution is 0.0697. The summed E-state index contributed by atoms with van der Waals surface area (Å²) in [6.07, 6.45) is 0. The van der Waals surface area contributed by atoms with E-state index in [9.17, 15) is 18.0 Å². The number of ether oxygens (including phenoxy) is 2. The van der Waals surface area contributed by atoms with Gasteiger partial charge in [-0.05, 0) is 48.5 Å². The smallest absolute Gasteiger partial charge is 0.254 e. The van der Waals surface area contributed by atoms with Gasteiger partial charge in [0.2, 0.25) is 0 Å². The standard InChI is InChI=1S/C25H26ClN3O6S2/c1-34-20-13-18(14-21(15-20)35-2)25(31)28-9-11-29(12-10-28)37(32,33)23-8-7-22(36-23)16-27-24(30)17-3-5-19(26)6-4-17/h3-8,13-15H,9-12,16H2,1-2H3,(H,27,30). The van der Waals surface area contributed by atoms with Crippen molar-refractivity contribution in [1.82, 2.24) is 14.5 Å². The Balaban J connectivity index is 1.36. The number of benzene rings is 2. The second kappa shape index (κ2) is 11.5. The van der Waals surface area contributed by atoms with Crippen LogP contribution in [0.15, 0.2) is 58.8 Å². The van der Waals surface area contributed by atoms with Crippen LogP contribution < -0.4 is 14.8 Å². The molecule has 1 N–H and O–H groups in total. The summed E-state index contributed by atoms with van der Waals surface area (Å²) in [6, 6.07) is 14.7. The Morgan fingerprint density at radius 2 is 1.54 bits per heavy atom. The highest BCUT2D eigenvalue weighted by Crippen LogP contribution is 2.27. The molecule has 0 unspecified atom stereocenters. The Morgan fingerprint density at radius 3 is 2.14 bits per heavy atom. The van der Waals surface area contributed by atoms with Crippen molar-refractivity contribution < 1.29 is 27.5 Å². The average Bonchev–Trinajstić information content (AvgIpc) is 3.41. The van der Waals surface area contributed by atoms with Crippen molar-refractivity contribution in [2.24, 2.45) is 0 Å². The van der Waals surface area contributed by atoms with Gasteiger partial charge in [-0.1, -0.05) is 11.6 Å². The summed E-state index contributed by atoms with van der Waals surface area (Å²) < 4.78 is 38.5. The van der Waals surface area contributed by atoms with Crippen molar-refractivity contribution in [3.63, 3.8) is 0 Å². The summed E-state index contributed by atoms with van der Waals surface area (Å²) >= 11 is 6.96. The van der Waals surface area contributed by atoms with Gasteiger partial charge in [0.05, 0.1) is 20.8 Å². The van der Waals surface area contributed by atoms with E-state index in [1.165, 1.54) is 18.5 Å². The van der Waals surface area contributed by atoms with Crippen molar-refractivity contribution >= 4 is 44.8 Å². The summed E-state index contributed by atoms with van der Waals surface area (Å²) in [5.74, 6) is 0.511. The Morgan fingerprint density at radius 1 is 0.919 bits per heavy atom.